The monoisotopic (exact) mass is 264 g/mol. The molecule has 1 heterocycles. The van der Waals surface area contributed by atoms with Crippen molar-refractivity contribution in [2.45, 2.75) is 12.6 Å². The van der Waals surface area contributed by atoms with E-state index in [0.29, 0.717) is 4.47 Å². The van der Waals surface area contributed by atoms with Crippen LogP contribution in [0, 0.1) is 11.3 Å². The molecule has 0 amide bonds. The third kappa shape index (κ3) is 2.45. The highest BCUT2D eigenvalue weighted by molar-refractivity contribution is 9.10. The Hall–Kier alpha value is -1.09. The Morgan fingerprint density at radius 3 is 2.64 bits per heavy atom. The second-order valence-electron chi connectivity index (χ2n) is 2.49. The lowest BCUT2D eigenvalue weighted by Gasteiger charge is -2.07. The van der Waals surface area contributed by atoms with Crippen molar-refractivity contribution in [1.29, 1.82) is 5.26 Å². The minimum atomic E-state index is -4.47. The van der Waals surface area contributed by atoms with Gasteiger partial charge >= 0.3 is 6.18 Å². The van der Waals surface area contributed by atoms with Crippen LogP contribution < -0.4 is 0 Å². The van der Waals surface area contributed by atoms with E-state index in [0.717, 1.165) is 12.3 Å². The molecule has 0 N–H and O–H groups in total. The molecule has 14 heavy (non-hydrogen) atoms. The third-order valence-corrected chi connectivity index (χ3v) is 2.21. The topological polar surface area (TPSA) is 36.7 Å². The van der Waals surface area contributed by atoms with E-state index in [1.54, 1.807) is 6.07 Å². The molecule has 0 spiro atoms. The van der Waals surface area contributed by atoms with Crippen LogP contribution in [0.25, 0.3) is 0 Å². The average molecular weight is 265 g/mol. The molecule has 0 aromatic carbocycles. The summed E-state index contributed by atoms with van der Waals surface area (Å²) in [6.45, 7) is 0. The molecule has 0 atom stereocenters. The molecule has 0 saturated carbocycles. The third-order valence-electron chi connectivity index (χ3n) is 1.49. The molecule has 0 bridgehead atoms. The molecule has 1 aromatic rings. The van der Waals surface area contributed by atoms with Crippen molar-refractivity contribution in [3.05, 3.63) is 28.0 Å². The van der Waals surface area contributed by atoms with Gasteiger partial charge in [-0.25, -0.2) is 0 Å². The summed E-state index contributed by atoms with van der Waals surface area (Å²) in [5, 5.41) is 8.37. The van der Waals surface area contributed by atoms with Crippen molar-refractivity contribution >= 4 is 15.9 Å². The first-order chi connectivity index (χ1) is 6.45. The number of hydrogen-bond donors (Lipinski definition) is 0. The molecule has 2 nitrogen and oxygen atoms in total. The van der Waals surface area contributed by atoms with Gasteiger partial charge in [0.05, 0.1) is 12.5 Å². The van der Waals surface area contributed by atoms with Crippen molar-refractivity contribution in [2.24, 2.45) is 0 Å². The number of rotatable bonds is 1. The summed E-state index contributed by atoms with van der Waals surface area (Å²) in [4.78, 5) is 3.21. The molecule has 1 aromatic heterocycles. The Kier molecular flexibility index (Phi) is 3.11. The molecule has 74 valence electrons. The van der Waals surface area contributed by atoms with Crippen LogP contribution in [-0.4, -0.2) is 4.98 Å². The summed E-state index contributed by atoms with van der Waals surface area (Å²) in [7, 11) is 0. The zero-order valence-corrected chi connectivity index (χ0v) is 8.35. The minimum absolute atomic E-state index is 0.0772. The summed E-state index contributed by atoms with van der Waals surface area (Å²) in [6.07, 6.45) is -3.49. The van der Waals surface area contributed by atoms with Crippen molar-refractivity contribution in [2.75, 3.05) is 0 Å². The first-order valence-electron chi connectivity index (χ1n) is 3.53. The van der Waals surface area contributed by atoms with Crippen LogP contribution in [-0.2, 0) is 12.6 Å². The first kappa shape index (κ1) is 11.0. The van der Waals surface area contributed by atoms with Crippen LogP contribution in [0.5, 0.6) is 0 Å². The van der Waals surface area contributed by atoms with Gasteiger partial charge in [0.15, 0.2) is 0 Å². The predicted molar refractivity (Wildman–Crippen MR) is 46.3 cm³/mol. The van der Waals surface area contributed by atoms with Crippen molar-refractivity contribution in [1.82, 2.24) is 4.98 Å². The normalized spacial score (nSPS) is 11.1. The van der Waals surface area contributed by atoms with Crippen molar-refractivity contribution in [3.63, 3.8) is 0 Å². The summed E-state index contributed by atoms with van der Waals surface area (Å²) >= 11 is 3.02. The standard InChI is InChI=1S/C8H4BrF3N2/c9-6-4-14-7(8(10,11)12)3-5(6)1-2-13/h3-4H,1H2. The number of aromatic nitrogens is 1. The van der Waals surface area contributed by atoms with Gasteiger partial charge in [-0.1, -0.05) is 0 Å². The van der Waals surface area contributed by atoms with Crippen LogP contribution >= 0.6 is 15.9 Å². The van der Waals surface area contributed by atoms with Gasteiger partial charge in [0.25, 0.3) is 0 Å². The Morgan fingerprint density at radius 1 is 1.50 bits per heavy atom. The molecular weight excluding hydrogens is 261 g/mol. The van der Waals surface area contributed by atoms with Gasteiger partial charge in [-0.3, -0.25) is 4.98 Å². The van der Waals surface area contributed by atoms with Crippen molar-refractivity contribution in [3.8, 4) is 6.07 Å². The molecule has 6 heteroatoms. The van der Waals surface area contributed by atoms with Gasteiger partial charge in [-0.05, 0) is 27.6 Å². The maximum Gasteiger partial charge on any atom is 0.433 e. The summed E-state index contributed by atoms with van der Waals surface area (Å²) in [6, 6.07) is 2.65. The van der Waals surface area contributed by atoms with E-state index in [1.807, 2.05) is 0 Å². The molecular formula is C8H4BrF3N2. The van der Waals surface area contributed by atoms with E-state index in [1.165, 1.54) is 0 Å². The number of hydrogen-bond acceptors (Lipinski definition) is 2. The highest BCUT2D eigenvalue weighted by Gasteiger charge is 2.32. The van der Waals surface area contributed by atoms with Crippen LogP contribution in [0.3, 0.4) is 0 Å². The Labute approximate surface area is 86.5 Å². The fourth-order valence-electron chi connectivity index (χ4n) is 0.856. The maximum absolute atomic E-state index is 12.2. The average Bonchev–Trinajstić information content (AvgIpc) is 2.07. The lowest BCUT2D eigenvalue weighted by Crippen LogP contribution is -2.08. The Morgan fingerprint density at radius 2 is 2.14 bits per heavy atom. The fraction of sp³-hybridized carbons (Fsp3) is 0.250. The van der Waals surface area contributed by atoms with E-state index in [4.69, 9.17) is 5.26 Å². The fourth-order valence-corrected chi connectivity index (χ4v) is 1.21. The van der Waals surface area contributed by atoms with Gasteiger partial charge in [0, 0.05) is 10.7 Å². The summed E-state index contributed by atoms with van der Waals surface area (Å²) < 4.78 is 36.9. The highest BCUT2D eigenvalue weighted by Crippen LogP contribution is 2.29. The smallest absolute Gasteiger partial charge is 0.251 e. The lowest BCUT2D eigenvalue weighted by atomic mass is 10.2. The minimum Gasteiger partial charge on any atom is -0.251 e. The van der Waals surface area contributed by atoms with Gasteiger partial charge in [0.2, 0.25) is 0 Å². The predicted octanol–water partition coefficient (Wildman–Crippen LogP) is 2.93. The zero-order chi connectivity index (χ0) is 10.8. The van der Waals surface area contributed by atoms with Crippen LogP contribution in [0.2, 0.25) is 0 Å². The van der Waals surface area contributed by atoms with Crippen LogP contribution in [0.1, 0.15) is 11.3 Å². The molecule has 0 aliphatic carbocycles. The second kappa shape index (κ2) is 3.96. The van der Waals surface area contributed by atoms with Crippen LogP contribution in [0.15, 0.2) is 16.7 Å². The van der Waals surface area contributed by atoms with Gasteiger partial charge in [0.1, 0.15) is 5.69 Å². The van der Waals surface area contributed by atoms with Gasteiger partial charge < -0.3 is 0 Å². The highest BCUT2D eigenvalue weighted by atomic mass is 79.9. The van der Waals surface area contributed by atoms with E-state index >= 15 is 0 Å². The Bertz CT molecular complexity index is 381. The first-order valence-corrected chi connectivity index (χ1v) is 4.33. The van der Waals surface area contributed by atoms with Gasteiger partial charge in [-0.2, -0.15) is 18.4 Å². The number of pyridine rings is 1. The zero-order valence-electron chi connectivity index (χ0n) is 6.77. The molecule has 0 fully saturated rings. The number of alkyl halides is 3. The molecule has 0 aliphatic heterocycles. The van der Waals surface area contributed by atoms with Crippen molar-refractivity contribution < 1.29 is 13.2 Å². The number of halogens is 4. The van der Waals surface area contributed by atoms with E-state index in [-0.39, 0.29) is 12.0 Å². The largest absolute Gasteiger partial charge is 0.433 e. The van der Waals surface area contributed by atoms with E-state index in [9.17, 15) is 13.2 Å². The summed E-state index contributed by atoms with van der Waals surface area (Å²) in [5.41, 5.74) is -0.694. The maximum atomic E-state index is 12.2. The molecule has 1 rings (SSSR count). The second-order valence-corrected chi connectivity index (χ2v) is 3.35. The molecule has 0 aliphatic rings. The SMILES string of the molecule is N#CCc1cc(C(F)(F)F)ncc1Br. The molecule has 0 saturated heterocycles. The lowest BCUT2D eigenvalue weighted by molar-refractivity contribution is -0.141. The summed E-state index contributed by atoms with van der Waals surface area (Å²) in [5.74, 6) is 0. The number of nitrogens with zero attached hydrogens (tertiary/aromatic N) is 2. The van der Waals surface area contributed by atoms with Gasteiger partial charge in [-0.15, -0.1) is 0 Å². The van der Waals surface area contributed by atoms with Crippen LogP contribution in [0.4, 0.5) is 13.2 Å². The quantitative estimate of drug-likeness (QED) is 0.782. The number of nitriles is 1. The molecule has 0 unspecified atom stereocenters. The van der Waals surface area contributed by atoms with E-state index < -0.39 is 11.9 Å². The van der Waals surface area contributed by atoms with E-state index in [2.05, 4.69) is 20.9 Å². The molecule has 0 radical (unpaired) electrons. The Balaban J connectivity index is 3.14.